The molecule has 0 saturated carbocycles. The molecule has 6 nitrogen and oxygen atoms in total. The summed E-state index contributed by atoms with van der Waals surface area (Å²) < 4.78 is 0. The fourth-order valence-electron chi connectivity index (χ4n) is 2.01. The molecule has 0 saturated heterocycles. The van der Waals surface area contributed by atoms with Crippen LogP contribution in [0.2, 0.25) is 0 Å². The van der Waals surface area contributed by atoms with Crippen LogP contribution in [0.3, 0.4) is 0 Å². The van der Waals surface area contributed by atoms with Gasteiger partial charge in [0.2, 0.25) is 0 Å². The second kappa shape index (κ2) is 7.52. The van der Waals surface area contributed by atoms with Crippen LogP contribution < -0.4 is 10.6 Å². The molecule has 6 heteroatoms. The first-order valence-corrected chi connectivity index (χ1v) is 6.97. The van der Waals surface area contributed by atoms with Crippen LogP contribution in [0.4, 0.5) is 10.5 Å². The van der Waals surface area contributed by atoms with E-state index in [0.29, 0.717) is 11.6 Å². The molecule has 0 spiro atoms. The number of aromatic hydroxyl groups is 1. The summed E-state index contributed by atoms with van der Waals surface area (Å²) in [5, 5.41) is 23.7. The Morgan fingerprint density at radius 2 is 1.95 bits per heavy atom. The molecule has 0 aliphatic carbocycles. The molecule has 1 rings (SSSR count). The molecule has 2 amide bonds. The van der Waals surface area contributed by atoms with E-state index in [4.69, 9.17) is 5.11 Å². The van der Waals surface area contributed by atoms with E-state index in [-0.39, 0.29) is 17.4 Å². The molecule has 2 unspecified atom stereocenters. The molecule has 0 heterocycles. The SMILES string of the molecule is CCC(C)CC(C)NC(=O)Nc1ccc(O)c(C(=O)O)c1. The average molecular weight is 294 g/mol. The molecule has 0 aromatic heterocycles. The van der Waals surface area contributed by atoms with Gasteiger partial charge in [0.25, 0.3) is 0 Å². The first-order valence-electron chi connectivity index (χ1n) is 6.97. The number of urea groups is 1. The highest BCUT2D eigenvalue weighted by molar-refractivity contribution is 5.95. The van der Waals surface area contributed by atoms with Gasteiger partial charge >= 0.3 is 12.0 Å². The molecule has 4 N–H and O–H groups in total. The van der Waals surface area contributed by atoms with Crippen molar-refractivity contribution in [2.24, 2.45) is 5.92 Å². The van der Waals surface area contributed by atoms with Crippen molar-refractivity contribution in [3.63, 3.8) is 0 Å². The van der Waals surface area contributed by atoms with E-state index in [2.05, 4.69) is 24.5 Å². The number of hydrogen-bond donors (Lipinski definition) is 4. The summed E-state index contributed by atoms with van der Waals surface area (Å²) in [5.41, 5.74) is 0.0684. The highest BCUT2D eigenvalue weighted by Crippen LogP contribution is 2.21. The van der Waals surface area contributed by atoms with Crippen molar-refractivity contribution >= 4 is 17.7 Å². The molecule has 0 aliphatic heterocycles. The zero-order valence-corrected chi connectivity index (χ0v) is 12.5. The Balaban J connectivity index is 2.63. The molecule has 1 aromatic carbocycles. The number of rotatable bonds is 6. The number of amides is 2. The standard InChI is InChI=1S/C15H22N2O4/c1-4-9(2)7-10(3)16-15(21)17-11-5-6-13(18)12(8-11)14(19)20/h5-6,8-10,18H,4,7H2,1-3H3,(H,19,20)(H2,16,17,21). The summed E-state index contributed by atoms with van der Waals surface area (Å²) in [6.45, 7) is 6.14. The molecule has 0 bridgehead atoms. The van der Waals surface area contributed by atoms with Crippen LogP contribution in [0.25, 0.3) is 0 Å². The van der Waals surface area contributed by atoms with Crippen LogP contribution in [0.15, 0.2) is 18.2 Å². The number of benzene rings is 1. The third kappa shape index (κ3) is 5.33. The number of hydrogen-bond acceptors (Lipinski definition) is 3. The van der Waals surface area contributed by atoms with Gasteiger partial charge in [0.05, 0.1) is 0 Å². The van der Waals surface area contributed by atoms with Gasteiger partial charge in [-0.15, -0.1) is 0 Å². The molecule has 0 fully saturated rings. The van der Waals surface area contributed by atoms with Crippen LogP contribution >= 0.6 is 0 Å². The summed E-state index contributed by atoms with van der Waals surface area (Å²) in [6.07, 6.45) is 1.92. The van der Waals surface area contributed by atoms with Crippen molar-refractivity contribution in [3.05, 3.63) is 23.8 Å². The van der Waals surface area contributed by atoms with E-state index >= 15 is 0 Å². The van der Waals surface area contributed by atoms with Gasteiger partial charge in [-0.05, 0) is 37.5 Å². The first-order chi connectivity index (χ1) is 9.83. The molecule has 116 valence electrons. The van der Waals surface area contributed by atoms with Crippen molar-refractivity contribution < 1.29 is 19.8 Å². The van der Waals surface area contributed by atoms with Gasteiger partial charge in [-0.3, -0.25) is 0 Å². The van der Waals surface area contributed by atoms with E-state index < -0.39 is 12.0 Å². The highest BCUT2D eigenvalue weighted by atomic mass is 16.4. The van der Waals surface area contributed by atoms with E-state index in [1.54, 1.807) is 0 Å². The number of phenols is 1. The Bertz CT molecular complexity index is 516. The third-order valence-electron chi connectivity index (χ3n) is 3.32. The maximum absolute atomic E-state index is 11.8. The maximum atomic E-state index is 11.8. The van der Waals surface area contributed by atoms with Gasteiger partial charge in [-0.2, -0.15) is 0 Å². The lowest BCUT2D eigenvalue weighted by molar-refractivity contribution is 0.0693. The quantitative estimate of drug-likeness (QED) is 0.606. The van der Waals surface area contributed by atoms with E-state index in [9.17, 15) is 14.7 Å². The molecule has 0 radical (unpaired) electrons. The Kier molecular flexibility index (Phi) is 6.02. The summed E-state index contributed by atoms with van der Waals surface area (Å²) in [4.78, 5) is 22.7. The fourth-order valence-corrected chi connectivity index (χ4v) is 2.01. The smallest absolute Gasteiger partial charge is 0.339 e. The minimum absolute atomic E-state index is 0.0241. The largest absolute Gasteiger partial charge is 0.507 e. The van der Waals surface area contributed by atoms with Gasteiger partial charge in [0.1, 0.15) is 11.3 Å². The van der Waals surface area contributed by atoms with Crippen molar-refractivity contribution in [2.75, 3.05) is 5.32 Å². The number of aromatic carboxylic acids is 1. The predicted octanol–water partition coefficient (Wildman–Crippen LogP) is 3.04. The van der Waals surface area contributed by atoms with Gasteiger partial charge in [-0.25, -0.2) is 9.59 Å². The van der Waals surface area contributed by atoms with Crippen LogP contribution in [-0.2, 0) is 0 Å². The van der Waals surface area contributed by atoms with Crippen molar-refractivity contribution in [1.82, 2.24) is 5.32 Å². The fraction of sp³-hybridized carbons (Fsp3) is 0.467. The monoisotopic (exact) mass is 294 g/mol. The normalized spacial score (nSPS) is 13.3. The van der Waals surface area contributed by atoms with Crippen molar-refractivity contribution in [2.45, 2.75) is 39.7 Å². The average Bonchev–Trinajstić information content (AvgIpc) is 2.40. The summed E-state index contributed by atoms with van der Waals surface area (Å²) in [5.74, 6) is -1.06. The lowest BCUT2D eigenvalue weighted by Gasteiger charge is -2.18. The third-order valence-corrected chi connectivity index (χ3v) is 3.32. The van der Waals surface area contributed by atoms with Gasteiger partial charge < -0.3 is 20.8 Å². The molecule has 0 aliphatic rings. The summed E-state index contributed by atoms with van der Waals surface area (Å²) in [7, 11) is 0. The Labute approximate surface area is 124 Å². The Morgan fingerprint density at radius 1 is 1.29 bits per heavy atom. The number of carboxylic acid groups (broad SMARTS) is 1. The highest BCUT2D eigenvalue weighted by Gasteiger charge is 2.13. The maximum Gasteiger partial charge on any atom is 0.339 e. The van der Waals surface area contributed by atoms with E-state index in [0.717, 1.165) is 12.8 Å². The van der Waals surface area contributed by atoms with Crippen LogP contribution in [0, 0.1) is 5.92 Å². The van der Waals surface area contributed by atoms with Gasteiger partial charge in [0.15, 0.2) is 0 Å². The summed E-state index contributed by atoms with van der Waals surface area (Å²) in [6, 6.07) is 3.53. The van der Waals surface area contributed by atoms with E-state index in [1.165, 1.54) is 18.2 Å². The first kappa shape index (κ1) is 16.8. The minimum Gasteiger partial charge on any atom is -0.507 e. The number of carbonyl (C=O) groups excluding carboxylic acids is 1. The number of nitrogens with one attached hydrogen (secondary N) is 2. The van der Waals surface area contributed by atoms with Gasteiger partial charge in [-0.1, -0.05) is 20.3 Å². The second-order valence-electron chi connectivity index (χ2n) is 5.29. The molecule has 21 heavy (non-hydrogen) atoms. The lowest BCUT2D eigenvalue weighted by atomic mass is 10.0. The zero-order chi connectivity index (χ0) is 16.0. The van der Waals surface area contributed by atoms with Crippen molar-refractivity contribution in [1.29, 1.82) is 0 Å². The zero-order valence-electron chi connectivity index (χ0n) is 12.5. The summed E-state index contributed by atoms with van der Waals surface area (Å²) >= 11 is 0. The number of carbonyl (C=O) groups is 2. The lowest BCUT2D eigenvalue weighted by Crippen LogP contribution is -2.37. The molecular weight excluding hydrogens is 272 g/mol. The second-order valence-corrected chi connectivity index (χ2v) is 5.29. The molecule has 2 atom stereocenters. The topological polar surface area (TPSA) is 98.7 Å². The van der Waals surface area contributed by atoms with Crippen LogP contribution in [0.1, 0.15) is 44.0 Å². The van der Waals surface area contributed by atoms with Crippen molar-refractivity contribution in [3.8, 4) is 5.75 Å². The molecular formula is C15H22N2O4. The van der Waals surface area contributed by atoms with E-state index in [1.807, 2.05) is 6.92 Å². The Hall–Kier alpha value is -2.24. The van der Waals surface area contributed by atoms with Crippen LogP contribution in [0.5, 0.6) is 5.75 Å². The number of carboxylic acids is 1. The van der Waals surface area contributed by atoms with Gasteiger partial charge in [0, 0.05) is 11.7 Å². The number of anilines is 1. The molecule has 1 aromatic rings. The van der Waals surface area contributed by atoms with Crippen LogP contribution in [-0.4, -0.2) is 28.3 Å². The minimum atomic E-state index is -1.25. The Morgan fingerprint density at radius 3 is 2.52 bits per heavy atom. The predicted molar refractivity (Wildman–Crippen MR) is 80.8 cm³/mol.